The predicted octanol–water partition coefficient (Wildman–Crippen LogP) is 1.39. The minimum Gasteiger partial charge on any atom is -0.496 e. The summed E-state index contributed by atoms with van der Waals surface area (Å²) in [7, 11) is -1.72. The number of ether oxygens (including phenoxy) is 1. The van der Waals surface area contributed by atoms with Gasteiger partial charge in [-0.15, -0.1) is 0 Å². The molecule has 17 heavy (non-hydrogen) atoms. The van der Waals surface area contributed by atoms with Crippen molar-refractivity contribution in [2.45, 2.75) is 20.0 Å². The first-order valence-electron chi connectivity index (χ1n) is 5.25. The summed E-state index contributed by atoms with van der Waals surface area (Å²) in [5, 5.41) is 9.98. The Morgan fingerprint density at radius 2 is 1.94 bits per heavy atom. The number of benzene rings is 1. The Labute approximate surface area is 102 Å². The number of aliphatic hydroxyl groups is 1. The fourth-order valence-electron chi connectivity index (χ4n) is 1.91. The van der Waals surface area contributed by atoms with Crippen LogP contribution in [0, 0.1) is 13.8 Å². The number of aliphatic hydroxyl groups excluding tert-OH is 1. The molecule has 0 radical (unpaired) electrons. The molecule has 5 heteroatoms. The van der Waals surface area contributed by atoms with Crippen molar-refractivity contribution in [1.82, 2.24) is 0 Å². The second-order valence-corrected chi connectivity index (χ2v) is 6.49. The van der Waals surface area contributed by atoms with Gasteiger partial charge in [-0.25, -0.2) is 8.42 Å². The average molecular weight is 258 g/mol. The Morgan fingerprint density at radius 1 is 1.35 bits per heavy atom. The number of hydrogen-bond donors (Lipinski definition) is 1. The molecule has 0 aliphatic rings. The zero-order chi connectivity index (χ0) is 13.2. The summed E-state index contributed by atoms with van der Waals surface area (Å²) in [6.07, 6.45) is 0.0483. The molecule has 0 aromatic heterocycles. The van der Waals surface area contributed by atoms with Crippen LogP contribution in [0.3, 0.4) is 0 Å². The van der Waals surface area contributed by atoms with E-state index < -0.39 is 15.9 Å². The summed E-state index contributed by atoms with van der Waals surface area (Å²) in [4.78, 5) is 0. The third-order valence-electron chi connectivity index (χ3n) is 2.51. The van der Waals surface area contributed by atoms with E-state index in [0.29, 0.717) is 11.3 Å². The smallest absolute Gasteiger partial charge is 0.150 e. The quantitative estimate of drug-likeness (QED) is 0.886. The topological polar surface area (TPSA) is 63.6 Å². The number of methoxy groups -OCH3 is 1. The standard InChI is InChI=1S/C12H18O4S/c1-8-5-9(2)12(11(6-8)16-3)10(13)7-17(4,14)15/h5-6,10,13H,7H2,1-4H3. The van der Waals surface area contributed by atoms with Gasteiger partial charge in [0.15, 0.2) is 0 Å². The fraction of sp³-hybridized carbons (Fsp3) is 0.500. The molecular formula is C12H18O4S. The molecule has 1 aromatic carbocycles. The van der Waals surface area contributed by atoms with Crippen LogP contribution < -0.4 is 4.74 Å². The molecule has 1 atom stereocenters. The lowest BCUT2D eigenvalue weighted by atomic mass is 10.0. The molecule has 0 fully saturated rings. The van der Waals surface area contributed by atoms with Crippen molar-refractivity contribution in [2.75, 3.05) is 19.1 Å². The van der Waals surface area contributed by atoms with Crippen LogP contribution in [0.4, 0.5) is 0 Å². The predicted molar refractivity (Wildman–Crippen MR) is 67.1 cm³/mol. The number of sulfone groups is 1. The number of hydrogen-bond acceptors (Lipinski definition) is 4. The minimum absolute atomic E-state index is 0.298. The number of rotatable bonds is 4. The maximum absolute atomic E-state index is 11.2. The Balaban J connectivity index is 3.21. The second kappa shape index (κ2) is 5.06. The van der Waals surface area contributed by atoms with Gasteiger partial charge in [0, 0.05) is 11.8 Å². The SMILES string of the molecule is COc1cc(C)cc(C)c1C(O)CS(C)(=O)=O. The van der Waals surface area contributed by atoms with E-state index in [-0.39, 0.29) is 5.75 Å². The molecule has 0 bridgehead atoms. The Kier molecular flexibility index (Phi) is 4.16. The monoisotopic (exact) mass is 258 g/mol. The highest BCUT2D eigenvalue weighted by Gasteiger charge is 2.20. The lowest BCUT2D eigenvalue weighted by Gasteiger charge is -2.17. The molecule has 1 aromatic rings. The normalized spacial score (nSPS) is 13.5. The van der Waals surface area contributed by atoms with Crippen molar-refractivity contribution < 1.29 is 18.3 Å². The van der Waals surface area contributed by atoms with Crippen LogP contribution in [0.2, 0.25) is 0 Å². The summed E-state index contributed by atoms with van der Waals surface area (Å²) < 4.78 is 27.6. The van der Waals surface area contributed by atoms with Crippen molar-refractivity contribution in [3.8, 4) is 5.75 Å². The van der Waals surface area contributed by atoms with Gasteiger partial charge in [-0.3, -0.25) is 0 Å². The average Bonchev–Trinajstić information content (AvgIpc) is 2.12. The van der Waals surface area contributed by atoms with Crippen molar-refractivity contribution in [2.24, 2.45) is 0 Å². The van der Waals surface area contributed by atoms with Crippen LogP contribution >= 0.6 is 0 Å². The van der Waals surface area contributed by atoms with E-state index in [9.17, 15) is 13.5 Å². The van der Waals surface area contributed by atoms with Crippen LogP contribution in [-0.2, 0) is 9.84 Å². The molecule has 96 valence electrons. The molecule has 0 aliphatic heterocycles. The number of aryl methyl sites for hydroxylation is 2. The van der Waals surface area contributed by atoms with Crippen molar-refractivity contribution in [3.63, 3.8) is 0 Å². The highest BCUT2D eigenvalue weighted by molar-refractivity contribution is 7.90. The van der Waals surface area contributed by atoms with Crippen molar-refractivity contribution in [3.05, 3.63) is 28.8 Å². The van der Waals surface area contributed by atoms with E-state index in [0.717, 1.165) is 17.4 Å². The minimum atomic E-state index is -3.23. The Hall–Kier alpha value is -1.07. The maximum atomic E-state index is 11.2. The summed E-state index contributed by atoms with van der Waals surface area (Å²) >= 11 is 0. The first-order chi connectivity index (χ1) is 7.74. The molecular weight excluding hydrogens is 240 g/mol. The van der Waals surface area contributed by atoms with E-state index in [1.165, 1.54) is 7.11 Å². The first kappa shape index (κ1) is 14.0. The zero-order valence-electron chi connectivity index (χ0n) is 10.5. The van der Waals surface area contributed by atoms with Crippen LogP contribution in [0.15, 0.2) is 12.1 Å². The van der Waals surface area contributed by atoms with Crippen LogP contribution in [0.1, 0.15) is 22.8 Å². The van der Waals surface area contributed by atoms with Crippen LogP contribution in [0.5, 0.6) is 5.75 Å². The maximum Gasteiger partial charge on any atom is 0.150 e. The molecule has 1 N–H and O–H groups in total. The molecule has 0 saturated carbocycles. The van der Waals surface area contributed by atoms with E-state index >= 15 is 0 Å². The molecule has 0 amide bonds. The van der Waals surface area contributed by atoms with Crippen LogP contribution in [0.25, 0.3) is 0 Å². The summed E-state index contributed by atoms with van der Waals surface area (Å²) in [5.41, 5.74) is 2.39. The first-order valence-corrected chi connectivity index (χ1v) is 7.31. The van der Waals surface area contributed by atoms with Gasteiger partial charge in [-0.2, -0.15) is 0 Å². The fourth-order valence-corrected chi connectivity index (χ4v) is 2.65. The molecule has 1 rings (SSSR count). The van der Waals surface area contributed by atoms with Gasteiger partial charge in [-0.1, -0.05) is 6.07 Å². The molecule has 0 aliphatic carbocycles. The van der Waals surface area contributed by atoms with Crippen LogP contribution in [-0.4, -0.2) is 32.6 Å². The third-order valence-corrected chi connectivity index (χ3v) is 3.43. The van der Waals surface area contributed by atoms with Gasteiger partial charge in [-0.05, 0) is 31.0 Å². The molecule has 0 spiro atoms. The Morgan fingerprint density at radius 3 is 2.41 bits per heavy atom. The van der Waals surface area contributed by atoms with E-state index in [2.05, 4.69) is 0 Å². The largest absolute Gasteiger partial charge is 0.496 e. The van der Waals surface area contributed by atoms with Gasteiger partial charge >= 0.3 is 0 Å². The van der Waals surface area contributed by atoms with Gasteiger partial charge in [0.1, 0.15) is 15.6 Å². The lowest BCUT2D eigenvalue weighted by molar-refractivity contribution is 0.196. The van der Waals surface area contributed by atoms with Gasteiger partial charge in [0.2, 0.25) is 0 Å². The molecule has 0 heterocycles. The zero-order valence-corrected chi connectivity index (χ0v) is 11.3. The lowest BCUT2D eigenvalue weighted by Crippen LogP contribution is -2.14. The second-order valence-electron chi connectivity index (χ2n) is 4.31. The van der Waals surface area contributed by atoms with Gasteiger partial charge in [0.25, 0.3) is 0 Å². The van der Waals surface area contributed by atoms with Crippen molar-refractivity contribution >= 4 is 9.84 Å². The third kappa shape index (κ3) is 3.71. The van der Waals surface area contributed by atoms with Gasteiger partial charge < -0.3 is 9.84 Å². The molecule has 4 nitrogen and oxygen atoms in total. The highest BCUT2D eigenvalue weighted by Crippen LogP contribution is 2.30. The van der Waals surface area contributed by atoms with E-state index in [1.54, 1.807) is 6.07 Å². The summed E-state index contributed by atoms with van der Waals surface area (Å²) in [6, 6.07) is 3.68. The highest BCUT2D eigenvalue weighted by atomic mass is 32.2. The van der Waals surface area contributed by atoms with E-state index in [4.69, 9.17) is 4.74 Å². The van der Waals surface area contributed by atoms with E-state index in [1.807, 2.05) is 19.9 Å². The summed E-state index contributed by atoms with van der Waals surface area (Å²) in [5.74, 6) is 0.228. The van der Waals surface area contributed by atoms with Gasteiger partial charge in [0.05, 0.1) is 19.0 Å². The summed E-state index contributed by atoms with van der Waals surface area (Å²) in [6.45, 7) is 3.75. The molecule has 0 saturated heterocycles. The van der Waals surface area contributed by atoms with Crippen molar-refractivity contribution in [1.29, 1.82) is 0 Å². The molecule has 1 unspecified atom stereocenters. The Bertz CT molecular complexity index is 505.